The predicted molar refractivity (Wildman–Crippen MR) is 141 cm³/mol. The van der Waals surface area contributed by atoms with E-state index >= 15 is 0 Å². The van der Waals surface area contributed by atoms with Gasteiger partial charge in [-0.25, -0.2) is 19.2 Å². The Morgan fingerprint density at radius 3 is 2.59 bits per heavy atom. The average Bonchev–Trinajstić information content (AvgIpc) is 3.20. The third kappa shape index (κ3) is 5.51. The first-order chi connectivity index (χ1) is 17.4. The van der Waals surface area contributed by atoms with Crippen LogP contribution in [0.2, 0.25) is 5.02 Å². The molecule has 1 fully saturated rings. The Labute approximate surface area is 222 Å². The lowest BCUT2D eigenvalue weighted by Crippen LogP contribution is -2.62. The van der Waals surface area contributed by atoms with Crippen LogP contribution in [-0.2, 0) is 17.6 Å². The number of aryl methyl sites for hydroxylation is 1. The maximum Gasteiger partial charge on any atom is 0.408 e. The normalized spacial score (nSPS) is 20.5. The minimum Gasteiger partial charge on any atom is -0.465 e. The first-order valence-corrected chi connectivity index (χ1v) is 13.1. The first-order valence-electron chi connectivity index (χ1n) is 12.7. The third-order valence-corrected chi connectivity index (χ3v) is 7.71. The van der Waals surface area contributed by atoms with Gasteiger partial charge in [0.05, 0.1) is 5.02 Å². The number of anilines is 1. The van der Waals surface area contributed by atoms with Gasteiger partial charge in [0.1, 0.15) is 24.0 Å². The number of carbonyl (C=O) groups is 2. The minimum atomic E-state index is -1.20. The zero-order valence-corrected chi connectivity index (χ0v) is 22.8. The Bertz CT molecular complexity index is 1190. The number of carbonyl (C=O) groups excluding carboxylic acids is 1. The molecule has 0 unspecified atom stereocenters. The molecule has 1 saturated heterocycles. The van der Waals surface area contributed by atoms with Crippen LogP contribution in [0.1, 0.15) is 63.8 Å². The van der Waals surface area contributed by atoms with Gasteiger partial charge in [-0.1, -0.05) is 24.6 Å². The third-order valence-electron chi connectivity index (χ3n) is 7.40. The van der Waals surface area contributed by atoms with E-state index in [4.69, 9.17) is 11.6 Å². The fourth-order valence-electron chi connectivity index (χ4n) is 5.60. The van der Waals surface area contributed by atoms with E-state index in [1.165, 1.54) is 22.6 Å². The highest BCUT2D eigenvalue weighted by Crippen LogP contribution is 2.38. The van der Waals surface area contributed by atoms with Gasteiger partial charge in [0.25, 0.3) is 0 Å². The number of amides is 2. The van der Waals surface area contributed by atoms with Crippen LogP contribution < -0.4 is 4.90 Å². The lowest BCUT2D eigenvalue weighted by atomic mass is 9.96. The second-order valence-electron chi connectivity index (χ2n) is 11.1. The number of benzene rings is 1. The highest BCUT2D eigenvalue weighted by Gasteiger charge is 2.41. The van der Waals surface area contributed by atoms with Crippen LogP contribution in [0.5, 0.6) is 0 Å². The molecule has 2 heterocycles. The van der Waals surface area contributed by atoms with Crippen molar-refractivity contribution in [2.24, 2.45) is 0 Å². The maximum atomic E-state index is 14.2. The maximum absolute atomic E-state index is 14.2. The summed E-state index contributed by atoms with van der Waals surface area (Å²) in [4.78, 5) is 40.5. The predicted octanol–water partition coefficient (Wildman–Crippen LogP) is 4.75. The molecule has 0 saturated carbocycles. The molecule has 0 spiro atoms. The molecule has 1 N–H and O–H groups in total. The van der Waals surface area contributed by atoms with Gasteiger partial charge in [-0.15, -0.1) is 0 Å². The molecule has 1 aromatic carbocycles. The molecule has 2 amide bonds. The molecular formula is C27H35ClFN5O3. The number of halogens is 2. The number of aromatic nitrogens is 2. The number of hydrogen-bond donors (Lipinski definition) is 1. The van der Waals surface area contributed by atoms with E-state index in [0.717, 1.165) is 24.4 Å². The van der Waals surface area contributed by atoms with E-state index in [1.54, 1.807) is 38.1 Å². The van der Waals surface area contributed by atoms with Gasteiger partial charge in [0.15, 0.2) is 0 Å². The van der Waals surface area contributed by atoms with Crippen molar-refractivity contribution in [1.29, 1.82) is 0 Å². The molecule has 1 aliphatic heterocycles. The van der Waals surface area contributed by atoms with Crippen LogP contribution in [-0.4, -0.2) is 74.1 Å². The van der Waals surface area contributed by atoms with Crippen molar-refractivity contribution in [2.45, 2.75) is 77.4 Å². The van der Waals surface area contributed by atoms with Gasteiger partial charge < -0.3 is 14.9 Å². The molecule has 1 aromatic heterocycles. The summed E-state index contributed by atoms with van der Waals surface area (Å²) in [5, 5.41) is 10.1. The molecule has 8 nitrogen and oxygen atoms in total. The molecule has 2 aromatic rings. The quantitative estimate of drug-likeness (QED) is 0.599. The Hall–Kier alpha value is -2.94. The summed E-state index contributed by atoms with van der Waals surface area (Å²) in [6.07, 6.45) is 2.47. The number of nitrogens with zero attached hydrogens (tertiary/aromatic N) is 5. The summed E-state index contributed by atoms with van der Waals surface area (Å²) in [6, 6.07) is 3.29. The minimum absolute atomic E-state index is 0.0204. The first kappa shape index (κ1) is 27.1. The topological polar surface area (TPSA) is 89.9 Å². The van der Waals surface area contributed by atoms with E-state index in [1.807, 2.05) is 0 Å². The highest BCUT2D eigenvalue weighted by molar-refractivity contribution is 6.30. The molecule has 10 heteroatoms. The molecule has 0 bridgehead atoms. The standard InChI is InChI=1S/C27H35ClFN5O3/c1-16-6-9-21-23(16)24(31-15-30-21)33-11-10-32(14-17(33)2)25(35)22(34(26(36)37)27(3,4)5)13-18-7-8-19(28)20(29)12-18/h7-8,12,15-17,22H,6,9-11,13-14H2,1-5H3,(H,36,37)/t16-,17+,22-/m1/s1. The summed E-state index contributed by atoms with van der Waals surface area (Å²) < 4.78 is 14.2. The zero-order chi connectivity index (χ0) is 27.1. The number of carboxylic acid groups (broad SMARTS) is 1. The van der Waals surface area contributed by atoms with E-state index < -0.39 is 23.5 Å². The average molecular weight is 532 g/mol. The zero-order valence-electron chi connectivity index (χ0n) is 22.0. The van der Waals surface area contributed by atoms with Gasteiger partial charge in [-0.05, 0) is 64.2 Å². The SMILES string of the molecule is C[C@@H]1CCc2ncnc(N3CCN(C(=O)[C@@H](Cc4ccc(Cl)c(F)c4)N(C(=O)O)C(C)(C)C)C[C@@H]3C)c21. The van der Waals surface area contributed by atoms with Crippen molar-refractivity contribution in [1.82, 2.24) is 19.8 Å². The number of piperazine rings is 1. The van der Waals surface area contributed by atoms with Crippen molar-refractivity contribution in [3.63, 3.8) is 0 Å². The largest absolute Gasteiger partial charge is 0.465 e. The fourth-order valence-corrected chi connectivity index (χ4v) is 5.72. The van der Waals surface area contributed by atoms with Gasteiger partial charge in [0.2, 0.25) is 5.91 Å². The second-order valence-corrected chi connectivity index (χ2v) is 11.5. The van der Waals surface area contributed by atoms with Crippen molar-refractivity contribution < 1.29 is 19.1 Å². The lowest BCUT2D eigenvalue weighted by molar-refractivity contribution is -0.139. The summed E-state index contributed by atoms with van der Waals surface area (Å²) in [6.45, 7) is 10.9. The van der Waals surface area contributed by atoms with Crippen molar-refractivity contribution >= 4 is 29.4 Å². The lowest BCUT2D eigenvalue weighted by Gasteiger charge is -2.45. The summed E-state index contributed by atoms with van der Waals surface area (Å²) in [7, 11) is 0. The van der Waals surface area contributed by atoms with E-state index in [-0.39, 0.29) is 23.4 Å². The molecule has 3 atom stereocenters. The van der Waals surface area contributed by atoms with Gasteiger partial charge in [-0.3, -0.25) is 9.69 Å². The molecule has 4 rings (SSSR count). The van der Waals surface area contributed by atoms with E-state index in [0.29, 0.717) is 31.1 Å². The molecule has 2 aliphatic rings. The summed E-state index contributed by atoms with van der Waals surface area (Å²) in [5.41, 5.74) is 1.96. The van der Waals surface area contributed by atoms with Crippen molar-refractivity contribution in [2.75, 3.05) is 24.5 Å². The van der Waals surface area contributed by atoms with Crippen LogP contribution in [0.15, 0.2) is 24.5 Å². The van der Waals surface area contributed by atoms with Gasteiger partial charge >= 0.3 is 6.09 Å². The Balaban J connectivity index is 1.59. The summed E-state index contributed by atoms with van der Waals surface area (Å²) >= 11 is 5.84. The van der Waals surface area contributed by atoms with Gasteiger partial charge in [0, 0.05) is 48.9 Å². The van der Waals surface area contributed by atoms with Crippen molar-refractivity contribution in [3.8, 4) is 0 Å². The number of fused-ring (bicyclic) bond motifs is 1. The van der Waals surface area contributed by atoms with Crippen LogP contribution in [0, 0.1) is 5.82 Å². The number of hydrogen-bond acceptors (Lipinski definition) is 5. The summed E-state index contributed by atoms with van der Waals surface area (Å²) in [5.74, 6) is 0.431. The van der Waals surface area contributed by atoms with E-state index in [2.05, 4.69) is 28.7 Å². The number of rotatable bonds is 5. The Morgan fingerprint density at radius 2 is 1.97 bits per heavy atom. The second kappa shape index (κ2) is 10.4. The van der Waals surface area contributed by atoms with Crippen LogP contribution in [0.4, 0.5) is 15.0 Å². The van der Waals surface area contributed by atoms with Crippen LogP contribution >= 0.6 is 11.6 Å². The van der Waals surface area contributed by atoms with Crippen LogP contribution in [0.25, 0.3) is 0 Å². The smallest absolute Gasteiger partial charge is 0.408 e. The molecular weight excluding hydrogens is 497 g/mol. The molecule has 200 valence electrons. The van der Waals surface area contributed by atoms with Crippen LogP contribution in [0.3, 0.4) is 0 Å². The highest BCUT2D eigenvalue weighted by atomic mass is 35.5. The Kier molecular flexibility index (Phi) is 7.65. The molecule has 0 radical (unpaired) electrons. The van der Waals surface area contributed by atoms with E-state index in [9.17, 15) is 19.1 Å². The fraction of sp³-hybridized carbons (Fsp3) is 0.556. The molecule has 1 aliphatic carbocycles. The molecule has 37 heavy (non-hydrogen) atoms. The van der Waals surface area contributed by atoms with Crippen molar-refractivity contribution in [3.05, 3.63) is 52.2 Å². The monoisotopic (exact) mass is 531 g/mol. The Morgan fingerprint density at radius 1 is 1.24 bits per heavy atom. The van der Waals surface area contributed by atoms with Gasteiger partial charge in [-0.2, -0.15) is 0 Å².